The van der Waals surface area contributed by atoms with Crippen LogP contribution in [-0.2, 0) is 11.3 Å². The lowest BCUT2D eigenvalue weighted by atomic mass is 10.2. The number of benzene rings is 1. The second-order valence-corrected chi connectivity index (χ2v) is 7.19. The van der Waals surface area contributed by atoms with Crippen LogP contribution in [0.5, 0.6) is 0 Å². The Morgan fingerprint density at radius 1 is 1.38 bits per heavy atom. The smallest absolute Gasteiger partial charge is 0.236 e. The summed E-state index contributed by atoms with van der Waals surface area (Å²) in [5.74, 6) is -0.192. The normalized spacial score (nSPS) is 10.6. The number of amides is 1. The summed E-state index contributed by atoms with van der Waals surface area (Å²) in [6.45, 7) is 7.89. The van der Waals surface area contributed by atoms with Gasteiger partial charge in [-0.2, -0.15) is 5.26 Å². The first kappa shape index (κ1) is 20.4. The zero-order valence-electron chi connectivity index (χ0n) is 16.0. The third kappa shape index (κ3) is 4.22. The van der Waals surface area contributed by atoms with Crippen LogP contribution in [0.2, 0.25) is 0 Å². The topological polar surface area (TPSA) is 88.5 Å². The van der Waals surface area contributed by atoms with Crippen LogP contribution in [0.3, 0.4) is 0 Å². The van der Waals surface area contributed by atoms with Crippen molar-refractivity contribution in [3.8, 4) is 11.8 Å². The van der Waals surface area contributed by atoms with Crippen LogP contribution >= 0.6 is 11.8 Å². The number of halogens is 1. The molecule has 0 fully saturated rings. The van der Waals surface area contributed by atoms with E-state index in [-0.39, 0.29) is 17.5 Å². The number of aromatic nitrogens is 4. The Labute approximate surface area is 171 Å². The summed E-state index contributed by atoms with van der Waals surface area (Å²) in [7, 11) is 0. The van der Waals surface area contributed by atoms with Crippen molar-refractivity contribution in [3.63, 3.8) is 0 Å². The largest absolute Gasteiger partial charge is 0.310 e. The van der Waals surface area contributed by atoms with E-state index in [0.29, 0.717) is 28.8 Å². The fourth-order valence-corrected chi connectivity index (χ4v) is 3.62. The van der Waals surface area contributed by atoms with Gasteiger partial charge in [0.1, 0.15) is 24.0 Å². The molecule has 0 radical (unpaired) electrons. The van der Waals surface area contributed by atoms with Gasteiger partial charge in [-0.3, -0.25) is 9.36 Å². The van der Waals surface area contributed by atoms with Crippen LogP contribution < -0.4 is 5.32 Å². The van der Waals surface area contributed by atoms with E-state index in [1.54, 1.807) is 33.7 Å². The van der Waals surface area contributed by atoms with E-state index in [9.17, 15) is 14.4 Å². The molecule has 2 aromatic heterocycles. The molecule has 0 saturated heterocycles. The first-order valence-corrected chi connectivity index (χ1v) is 9.74. The van der Waals surface area contributed by atoms with E-state index < -0.39 is 0 Å². The molecule has 29 heavy (non-hydrogen) atoms. The van der Waals surface area contributed by atoms with Crippen molar-refractivity contribution in [2.24, 2.45) is 0 Å². The average molecular weight is 410 g/mol. The summed E-state index contributed by atoms with van der Waals surface area (Å²) in [6.07, 6.45) is 3.29. The highest BCUT2D eigenvalue weighted by atomic mass is 32.2. The number of rotatable bonds is 7. The molecule has 0 unspecified atom stereocenters. The number of hydrogen-bond acceptors (Lipinski definition) is 5. The zero-order chi connectivity index (χ0) is 21.0. The second-order valence-electron chi connectivity index (χ2n) is 6.25. The van der Waals surface area contributed by atoms with E-state index in [2.05, 4.69) is 28.2 Å². The van der Waals surface area contributed by atoms with Crippen molar-refractivity contribution < 1.29 is 9.18 Å². The predicted octanol–water partition coefficient (Wildman–Crippen LogP) is 3.61. The molecule has 148 valence electrons. The lowest BCUT2D eigenvalue weighted by molar-refractivity contribution is -0.113. The lowest BCUT2D eigenvalue weighted by Crippen LogP contribution is -2.18. The maximum absolute atomic E-state index is 13.3. The summed E-state index contributed by atoms with van der Waals surface area (Å²) in [4.78, 5) is 12.6. The van der Waals surface area contributed by atoms with Crippen LogP contribution in [0.1, 0.15) is 16.8 Å². The van der Waals surface area contributed by atoms with Crippen molar-refractivity contribution in [2.75, 3.05) is 11.1 Å². The SMILES string of the molecule is C=CCn1cnnc1SCC(=O)Nc1c(C#N)c(C)c(C)n1-c1ccc(F)cc1. The Hall–Kier alpha value is -3.38. The Morgan fingerprint density at radius 3 is 2.76 bits per heavy atom. The van der Waals surface area contributed by atoms with Gasteiger partial charge in [0.25, 0.3) is 0 Å². The third-order valence-electron chi connectivity index (χ3n) is 4.41. The molecule has 7 nitrogen and oxygen atoms in total. The van der Waals surface area contributed by atoms with Gasteiger partial charge in [0.2, 0.25) is 5.91 Å². The molecular formula is C20H19FN6OS. The summed E-state index contributed by atoms with van der Waals surface area (Å²) in [5, 5.41) is 20.9. The molecule has 0 atom stereocenters. The minimum absolute atomic E-state index is 0.0907. The minimum Gasteiger partial charge on any atom is -0.310 e. The highest BCUT2D eigenvalue weighted by Crippen LogP contribution is 2.30. The quantitative estimate of drug-likeness (QED) is 0.475. The number of nitrogens with zero attached hydrogens (tertiary/aromatic N) is 5. The number of hydrogen-bond donors (Lipinski definition) is 1. The molecule has 3 aromatic rings. The van der Waals surface area contributed by atoms with Gasteiger partial charge in [-0.25, -0.2) is 4.39 Å². The van der Waals surface area contributed by atoms with E-state index in [4.69, 9.17) is 0 Å². The Morgan fingerprint density at radius 2 is 2.10 bits per heavy atom. The first-order valence-electron chi connectivity index (χ1n) is 8.75. The minimum atomic E-state index is -0.360. The van der Waals surface area contributed by atoms with Gasteiger partial charge in [0, 0.05) is 17.9 Å². The number of carbonyl (C=O) groups is 1. The highest BCUT2D eigenvalue weighted by molar-refractivity contribution is 7.99. The molecule has 3 rings (SSSR count). The van der Waals surface area contributed by atoms with E-state index in [0.717, 1.165) is 11.3 Å². The van der Waals surface area contributed by atoms with Crippen molar-refractivity contribution in [1.29, 1.82) is 5.26 Å². The van der Waals surface area contributed by atoms with E-state index in [1.807, 2.05) is 13.8 Å². The van der Waals surface area contributed by atoms with Crippen molar-refractivity contribution in [1.82, 2.24) is 19.3 Å². The lowest BCUT2D eigenvalue weighted by Gasteiger charge is -2.13. The molecule has 0 aliphatic carbocycles. The summed E-state index contributed by atoms with van der Waals surface area (Å²) < 4.78 is 16.9. The first-order chi connectivity index (χ1) is 14.0. The van der Waals surface area contributed by atoms with Crippen LogP contribution in [0.15, 0.2) is 48.4 Å². The van der Waals surface area contributed by atoms with Crippen LogP contribution in [0.25, 0.3) is 5.69 Å². The molecule has 2 heterocycles. The van der Waals surface area contributed by atoms with Gasteiger partial charge in [-0.1, -0.05) is 17.8 Å². The van der Waals surface area contributed by atoms with Crippen molar-refractivity contribution >= 4 is 23.5 Å². The predicted molar refractivity (Wildman–Crippen MR) is 109 cm³/mol. The monoisotopic (exact) mass is 410 g/mol. The number of carbonyl (C=O) groups excluding carboxylic acids is 1. The van der Waals surface area contributed by atoms with Gasteiger partial charge < -0.3 is 9.88 Å². The average Bonchev–Trinajstić information content (AvgIpc) is 3.24. The molecule has 0 bridgehead atoms. The standard InChI is InChI=1S/C20H19FN6OS/c1-4-9-26-12-23-25-20(26)29-11-18(28)24-19-17(10-22)13(2)14(3)27(19)16-7-5-15(21)6-8-16/h4-8,12H,1,9,11H2,2-3H3,(H,24,28). The molecule has 0 saturated carbocycles. The summed E-state index contributed by atoms with van der Waals surface area (Å²) in [6, 6.07) is 8.03. The molecular weight excluding hydrogens is 391 g/mol. The molecule has 1 N–H and O–H groups in total. The third-order valence-corrected chi connectivity index (χ3v) is 5.39. The number of nitrogens with one attached hydrogen (secondary N) is 1. The molecule has 1 amide bonds. The fraction of sp³-hybridized carbons (Fsp3) is 0.200. The van der Waals surface area contributed by atoms with Crippen LogP contribution in [0.4, 0.5) is 10.2 Å². The van der Waals surface area contributed by atoms with Crippen LogP contribution in [-0.4, -0.2) is 31.0 Å². The van der Waals surface area contributed by atoms with E-state index in [1.165, 1.54) is 23.9 Å². The van der Waals surface area contributed by atoms with Crippen LogP contribution in [0, 0.1) is 31.0 Å². The Balaban J connectivity index is 1.86. The molecule has 1 aromatic carbocycles. The van der Waals surface area contributed by atoms with E-state index >= 15 is 0 Å². The van der Waals surface area contributed by atoms with Gasteiger partial charge in [0.15, 0.2) is 5.16 Å². The molecule has 0 aliphatic heterocycles. The van der Waals surface area contributed by atoms with Crippen molar-refractivity contribution in [3.05, 3.63) is 65.9 Å². The molecule has 0 spiro atoms. The number of anilines is 1. The Kier molecular flexibility index (Phi) is 6.14. The number of nitriles is 1. The highest BCUT2D eigenvalue weighted by Gasteiger charge is 2.21. The van der Waals surface area contributed by atoms with Gasteiger partial charge in [0.05, 0.1) is 11.3 Å². The van der Waals surface area contributed by atoms with Gasteiger partial charge in [-0.15, -0.1) is 16.8 Å². The summed E-state index contributed by atoms with van der Waals surface area (Å²) in [5.41, 5.74) is 2.58. The maximum Gasteiger partial charge on any atom is 0.236 e. The van der Waals surface area contributed by atoms with Gasteiger partial charge in [-0.05, 0) is 43.7 Å². The van der Waals surface area contributed by atoms with Gasteiger partial charge >= 0.3 is 0 Å². The molecule has 9 heteroatoms. The summed E-state index contributed by atoms with van der Waals surface area (Å²) >= 11 is 1.24. The maximum atomic E-state index is 13.3. The fourth-order valence-electron chi connectivity index (χ4n) is 2.89. The zero-order valence-corrected chi connectivity index (χ0v) is 16.8. The number of thioether (sulfide) groups is 1. The van der Waals surface area contributed by atoms with Crippen molar-refractivity contribution in [2.45, 2.75) is 25.5 Å². The Bertz CT molecular complexity index is 1090. The molecule has 0 aliphatic rings. The number of allylic oxidation sites excluding steroid dienone is 1. The second kappa shape index (κ2) is 8.75.